The van der Waals surface area contributed by atoms with Crippen LogP contribution in [0.2, 0.25) is 0 Å². The zero-order valence-corrected chi connectivity index (χ0v) is 16.8. The van der Waals surface area contributed by atoms with Crippen LogP contribution in [0.15, 0.2) is 65.0 Å². The lowest BCUT2D eigenvalue weighted by atomic mass is 9.98. The van der Waals surface area contributed by atoms with Crippen molar-refractivity contribution >= 4 is 6.21 Å². The molecule has 0 aromatic heterocycles. The minimum Gasteiger partial charge on any atom is -0.513 e. The first kappa shape index (κ1) is 20.8. The highest BCUT2D eigenvalue weighted by Crippen LogP contribution is 2.32. The normalized spacial score (nSPS) is 14.5. The van der Waals surface area contributed by atoms with Crippen LogP contribution in [0.1, 0.15) is 49.3 Å². The molecule has 1 aromatic rings. The van der Waals surface area contributed by atoms with Crippen molar-refractivity contribution in [2.45, 2.75) is 52.9 Å². The molecule has 144 valence electrons. The van der Waals surface area contributed by atoms with Crippen LogP contribution < -0.4 is 4.74 Å². The number of ether oxygens (including phenoxy) is 1. The summed E-state index contributed by atoms with van der Waals surface area (Å²) in [4.78, 5) is 4.43. The molecule has 1 aliphatic carbocycles. The SMILES string of the molecule is C=C(O)CCc1ccc(OCC2=C(C(=C)N=C/C=C\C)CCC2)c(C)c1C. The van der Waals surface area contributed by atoms with E-state index >= 15 is 0 Å². The lowest BCUT2D eigenvalue weighted by Crippen LogP contribution is -2.05. The van der Waals surface area contributed by atoms with Gasteiger partial charge < -0.3 is 9.84 Å². The summed E-state index contributed by atoms with van der Waals surface area (Å²) >= 11 is 0. The van der Waals surface area contributed by atoms with Crippen molar-refractivity contribution in [2.75, 3.05) is 6.61 Å². The molecule has 0 fully saturated rings. The third-order valence-corrected chi connectivity index (χ3v) is 5.12. The number of aryl methyl sites for hydroxylation is 1. The van der Waals surface area contributed by atoms with Crippen molar-refractivity contribution in [3.8, 4) is 5.75 Å². The Hall–Kier alpha value is -2.55. The lowest BCUT2D eigenvalue weighted by molar-refractivity contribution is 0.345. The number of nitrogens with zero attached hydrogens (tertiary/aromatic N) is 1. The van der Waals surface area contributed by atoms with Gasteiger partial charge in [-0.15, -0.1) is 0 Å². The van der Waals surface area contributed by atoms with Gasteiger partial charge in [-0.25, -0.2) is 0 Å². The van der Waals surface area contributed by atoms with E-state index in [1.165, 1.54) is 22.3 Å². The van der Waals surface area contributed by atoms with Crippen LogP contribution in [-0.4, -0.2) is 17.9 Å². The summed E-state index contributed by atoms with van der Waals surface area (Å²) in [6, 6.07) is 4.12. The standard InChI is InChI=1S/C24H31NO2/c1-6-7-15-25-20(5)23-10-8-9-22(23)16-27-24-14-13-21(12-11-17(2)26)18(3)19(24)4/h6-7,13-15,26H,2,5,8-12,16H2,1,3-4H3/b7-6-,25-15?. The van der Waals surface area contributed by atoms with Gasteiger partial charge in [-0.2, -0.15) is 0 Å². The number of hydrogen-bond donors (Lipinski definition) is 1. The number of hydrogen-bond acceptors (Lipinski definition) is 3. The Kier molecular flexibility index (Phi) is 7.66. The van der Waals surface area contributed by atoms with Crippen LogP contribution in [0.25, 0.3) is 0 Å². The van der Waals surface area contributed by atoms with E-state index in [1.807, 2.05) is 25.1 Å². The molecule has 3 heteroatoms. The second kappa shape index (κ2) is 9.96. The Labute approximate surface area is 163 Å². The van der Waals surface area contributed by atoms with Crippen LogP contribution in [0, 0.1) is 13.8 Å². The second-order valence-electron chi connectivity index (χ2n) is 7.01. The molecular formula is C24H31NO2. The Morgan fingerprint density at radius 1 is 1.22 bits per heavy atom. The Balaban J connectivity index is 2.08. The molecule has 0 atom stereocenters. The smallest absolute Gasteiger partial charge is 0.122 e. The van der Waals surface area contributed by atoms with Gasteiger partial charge in [0, 0.05) is 12.6 Å². The molecule has 0 unspecified atom stereocenters. The number of aliphatic imine (C=N–C) groups is 1. The van der Waals surface area contributed by atoms with Gasteiger partial charge in [-0.1, -0.05) is 25.3 Å². The van der Waals surface area contributed by atoms with Gasteiger partial charge in [0.1, 0.15) is 12.4 Å². The van der Waals surface area contributed by atoms with Crippen molar-refractivity contribution in [3.63, 3.8) is 0 Å². The highest BCUT2D eigenvalue weighted by Gasteiger charge is 2.18. The van der Waals surface area contributed by atoms with Crippen molar-refractivity contribution in [1.29, 1.82) is 0 Å². The first-order valence-electron chi connectivity index (χ1n) is 9.58. The fourth-order valence-electron chi connectivity index (χ4n) is 3.33. The van der Waals surface area contributed by atoms with Crippen LogP contribution in [0.5, 0.6) is 5.75 Å². The quantitative estimate of drug-likeness (QED) is 0.410. The Morgan fingerprint density at radius 3 is 2.70 bits per heavy atom. The number of allylic oxidation sites excluding steroid dienone is 4. The first-order valence-corrected chi connectivity index (χ1v) is 9.58. The zero-order chi connectivity index (χ0) is 19.8. The van der Waals surface area contributed by atoms with E-state index in [2.05, 4.69) is 38.1 Å². The predicted octanol–water partition coefficient (Wildman–Crippen LogP) is 6.33. The summed E-state index contributed by atoms with van der Waals surface area (Å²) in [6.45, 7) is 14.4. The number of benzene rings is 1. The molecule has 0 bridgehead atoms. The third-order valence-electron chi connectivity index (χ3n) is 5.12. The molecule has 1 N–H and O–H groups in total. The molecule has 0 heterocycles. The highest BCUT2D eigenvalue weighted by molar-refractivity contribution is 5.72. The maximum atomic E-state index is 9.33. The monoisotopic (exact) mass is 365 g/mol. The van der Waals surface area contributed by atoms with Crippen molar-refractivity contribution in [3.05, 3.63) is 76.7 Å². The summed E-state index contributed by atoms with van der Waals surface area (Å²) < 4.78 is 6.16. The van der Waals surface area contributed by atoms with E-state index in [0.29, 0.717) is 13.0 Å². The van der Waals surface area contributed by atoms with Crippen molar-refractivity contribution in [2.24, 2.45) is 4.99 Å². The topological polar surface area (TPSA) is 41.8 Å². The molecule has 1 aromatic carbocycles. The molecular weight excluding hydrogens is 334 g/mol. The number of rotatable bonds is 9. The van der Waals surface area contributed by atoms with E-state index in [9.17, 15) is 5.11 Å². The van der Waals surface area contributed by atoms with Crippen molar-refractivity contribution in [1.82, 2.24) is 0 Å². The van der Waals surface area contributed by atoms with Gasteiger partial charge >= 0.3 is 0 Å². The highest BCUT2D eigenvalue weighted by atomic mass is 16.5. The molecule has 2 rings (SSSR count). The lowest BCUT2D eigenvalue weighted by Gasteiger charge is -2.16. The van der Waals surface area contributed by atoms with Crippen LogP contribution in [0.3, 0.4) is 0 Å². The molecule has 0 radical (unpaired) electrons. The molecule has 0 saturated carbocycles. The van der Waals surface area contributed by atoms with Gasteiger partial charge in [-0.05, 0) is 86.4 Å². The van der Waals surface area contributed by atoms with E-state index in [1.54, 1.807) is 6.21 Å². The van der Waals surface area contributed by atoms with Gasteiger partial charge in [0.2, 0.25) is 0 Å². The maximum Gasteiger partial charge on any atom is 0.122 e. The van der Waals surface area contributed by atoms with Crippen molar-refractivity contribution < 1.29 is 9.84 Å². The van der Waals surface area contributed by atoms with Crippen LogP contribution in [0.4, 0.5) is 0 Å². The molecule has 0 aliphatic heterocycles. The summed E-state index contributed by atoms with van der Waals surface area (Å²) in [6.07, 6.45) is 10.2. The first-order chi connectivity index (χ1) is 12.9. The average molecular weight is 366 g/mol. The summed E-state index contributed by atoms with van der Waals surface area (Å²) in [5, 5.41) is 9.33. The van der Waals surface area contributed by atoms with Gasteiger partial charge in [0.15, 0.2) is 0 Å². The maximum absolute atomic E-state index is 9.33. The molecule has 1 aliphatic rings. The Morgan fingerprint density at radius 2 is 2.00 bits per heavy atom. The van der Waals surface area contributed by atoms with Crippen LogP contribution >= 0.6 is 0 Å². The summed E-state index contributed by atoms with van der Waals surface area (Å²) in [7, 11) is 0. The van der Waals surface area contributed by atoms with E-state index < -0.39 is 0 Å². The van der Waals surface area contributed by atoms with Gasteiger partial charge in [0.25, 0.3) is 0 Å². The molecule has 0 spiro atoms. The summed E-state index contributed by atoms with van der Waals surface area (Å²) in [5.41, 5.74) is 6.98. The molecule has 0 amide bonds. The van der Waals surface area contributed by atoms with E-state index in [0.717, 1.165) is 42.7 Å². The van der Waals surface area contributed by atoms with E-state index in [-0.39, 0.29) is 5.76 Å². The third kappa shape index (κ3) is 5.72. The minimum absolute atomic E-state index is 0.227. The molecule has 3 nitrogen and oxygen atoms in total. The fourth-order valence-corrected chi connectivity index (χ4v) is 3.33. The van der Waals surface area contributed by atoms with Gasteiger partial charge in [-0.3, -0.25) is 4.99 Å². The average Bonchev–Trinajstić information content (AvgIpc) is 3.10. The molecule has 27 heavy (non-hydrogen) atoms. The zero-order valence-electron chi connectivity index (χ0n) is 16.8. The largest absolute Gasteiger partial charge is 0.513 e. The second-order valence-corrected chi connectivity index (χ2v) is 7.01. The summed E-state index contributed by atoms with van der Waals surface area (Å²) in [5.74, 6) is 1.14. The number of aliphatic hydroxyl groups is 1. The fraction of sp³-hybridized carbons (Fsp3) is 0.375. The van der Waals surface area contributed by atoms with Gasteiger partial charge in [0.05, 0.1) is 11.5 Å². The van der Waals surface area contributed by atoms with Crippen LogP contribution in [-0.2, 0) is 6.42 Å². The predicted molar refractivity (Wildman–Crippen MR) is 115 cm³/mol. The number of aliphatic hydroxyl groups excluding tert-OH is 1. The Bertz CT molecular complexity index is 797. The molecule has 0 saturated heterocycles. The minimum atomic E-state index is 0.227. The van der Waals surface area contributed by atoms with E-state index in [4.69, 9.17) is 4.74 Å².